The first-order valence-corrected chi connectivity index (χ1v) is 5.49. The number of carboxylic acid groups (broad SMARTS) is 1. The molecule has 2 atom stereocenters. The third kappa shape index (κ3) is 1.89. The second kappa shape index (κ2) is 4.28. The molecule has 2 heterocycles. The molecule has 0 aromatic rings. The van der Waals surface area contributed by atoms with Gasteiger partial charge < -0.3 is 9.94 Å². The number of likely N-dealkylation sites (tertiary alicyclic amines) is 1. The summed E-state index contributed by atoms with van der Waals surface area (Å²) in [6.45, 7) is 1.93. The molecule has 2 saturated heterocycles. The number of imide groups is 1. The fourth-order valence-electron chi connectivity index (χ4n) is 2.05. The quantitative estimate of drug-likeness (QED) is 0.673. The molecule has 0 aliphatic carbocycles. The fourth-order valence-corrected chi connectivity index (χ4v) is 2.05. The molecule has 3 amide bonds. The molecule has 2 aliphatic heterocycles. The maximum Gasteiger partial charge on any atom is 0.408 e. The zero-order chi connectivity index (χ0) is 13.4. The van der Waals surface area contributed by atoms with Crippen LogP contribution in [0.25, 0.3) is 0 Å². The van der Waals surface area contributed by atoms with Crippen LogP contribution in [0.15, 0.2) is 0 Å². The average molecular weight is 256 g/mol. The molecule has 0 aromatic carbocycles. The molecule has 98 valence electrons. The predicted molar refractivity (Wildman–Crippen MR) is 54.9 cm³/mol. The lowest BCUT2D eigenvalue weighted by molar-refractivity contribution is -0.205. The third-order valence-electron chi connectivity index (χ3n) is 3.03. The molecule has 0 radical (unpaired) electrons. The van der Waals surface area contributed by atoms with Crippen LogP contribution in [-0.2, 0) is 19.2 Å². The van der Waals surface area contributed by atoms with E-state index in [1.54, 1.807) is 6.92 Å². The Labute approximate surface area is 102 Å². The lowest BCUT2D eigenvalue weighted by Gasteiger charge is -2.42. The van der Waals surface area contributed by atoms with Gasteiger partial charge >= 0.3 is 12.1 Å². The molecule has 2 unspecified atom stereocenters. The van der Waals surface area contributed by atoms with Crippen molar-refractivity contribution in [2.45, 2.75) is 25.8 Å². The minimum absolute atomic E-state index is 0.00891. The molecule has 0 bridgehead atoms. The van der Waals surface area contributed by atoms with Crippen molar-refractivity contribution in [3.05, 3.63) is 0 Å². The topological polar surface area (TPSA) is 104 Å². The first-order chi connectivity index (χ1) is 8.41. The van der Waals surface area contributed by atoms with Crippen molar-refractivity contribution >= 4 is 23.9 Å². The van der Waals surface area contributed by atoms with Gasteiger partial charge in [0.25, 0.3) is 11.8 Å². The first-order valence-electron chi connectivity index (χ1n) is 5.49. The Hall–Kier alpha value is -2.12. The van der Waals surface area contributed by atoms with Crippen molar-refractivity contribution in [1.29, 1.82) is 0 Å². The van der Waals surface area contributed by atoms with E-state index >= 15 is 0 Å². The van der Waals surface area contributed by atoms with Gasteiger partial charge in [0.15, 0.2) is 0 Å². The smallest absolute Gasteiger partial charge is 0.408 e. The zero-order valence-electron chi connectivity index (χ0n) is 9.66. The van der Waals surface area contributed by atoms with Gasteiger partial charge in [0.05, 0.1) is 0 Å². The van der Waals surface area contributed by atoms with Gasteiger partial charge in [0.2, 0.25) is 0 Å². The minimum Gasteiger partial charge on any atom is -0.465 e. The summed E-state index contributed by atoms with van der Waals surface area (Å²) in [6, 6.07) is -0.955. The van der Waals surface area contributed by atoms with E-state index in [1.165, 1.54) is 0 Å². The van der Waals surface area contributed by atoms with Crippen molar-refractivity contribution in [3.63, 3.8) is 0 Å². The summed E-state index contributed by atoms with van der Waals surface area (Å²) in [5.41, 5.74) is 0. The molecule has 8 heteroatoms. The first kappa shape index (κ1) is 12.3. The zero-order valence-corrected chi connectivity index (χ0v) is 9.66. The highest BCUT2D eigenvalue weighted by atomic mass is 16.7. The van der Waals surface area contributed by atoms with Gasteiger partial charge in [-0.05, 0) is 0 Å². The monoisotopic (exact) mass is 256 g/mol. The molecule has 18 heavy (non-hydrogen) atoms. The van der Waals surface area contributed by atoms with Crippen LogP contribution < -0.4 is 0 Å². The highest BCUT2D eigenvalue weighted by Crippen LogP contribution is 2.26. The molecule has 2 fully saturated rings. The summed E-state index contributed by atoms with van der Waals surface area (Å²) in [5, 5.41) is 9.23. The maximum atomic E-state index is 11.7. The summed E-state index contributed by atoms with van der Waals surface area (Å²) in [7, 11) is 0. The van der Waals surface area contributed by atoms with Crippen LogP contribution in [0.4, 0.5) is 4.79 Å². The van der Waals surface area contributed by atoms with Gasteiger partial charge in [0.1, 0.15) is 6.04 Å². The van der Waals surface area contributed by atoms with Gasteiger partial charge in [-0.25, -0.2) is 9.59 Å². The van der Waals surface area contributed by atoms with Crippen LogP contribution in [0.2, 0.25) is 0 Å². The molecule has 2 rings (SSSR count). The van der Waals surface area contributed by atoms with Gasteiger partial charge in [-0.3, -0.25) is 14.5 Å². The molecule has 2 aliphatic rings. The number of carbonyl (C=O) groups excluding carboxylic acids is 3. The van der Waals surface area contributed by atoms with Crippen molar-refractivity contribution < 1.29 is 29.1 Å². The second-order valence-corrected chi connectivity index (χ2v) is 4.35. The Morgan fingerprint density at radius 2 is 1.83 bits per heavy atom. The summed E-state index contributed by atoms with van der Waals surface area (Å²) in [6.07, 6.45) is -1.21. The summed E-state index contributed by atoms with van der Waals surface area (Å²) >= 11 is 0. The number of rotatable bonds is 2. The van der Waals surface area contributed by atoms with E-state index in [0.717, 1.165) is 4.90 Å². The van der Waals surface area contributed by atoms with Gasteiger partial charge in [-0.1, -0.05) is 6.92 Å². The second-order valence-electron chi connectivity index (χ2n) is 4.35. The average Bonchev–Trinajstić information content (AvgIpc) is 2.57. The molecule has 1 N–H and O–H groups in total. The standard InChI is InChI=1S/C10H12N2O6/c1-5-4-11(10(16)17)8(5)9(15)18-12-6(13)2-3-7(12)14/h5,8H,2-4H2,1H3,(H,16,17). The van der Waals surface area contributed by atoms with Crippen LogP contribution >= 0.6 is 0 Å². The molecular formula is C10H12N2O6. The molecule has 0 spiro atoms. The van der Waals surface area contributed by atoms with E-state index in [9.17, 15) is 19.2 Å². The lowest BCUT2D eigenvalue weighted by Crippen LogP contribution is -2.62. The van der Waals surface area contributed by atoms with Crippen LogP contribution in [0.3, 0.4) is 0 Å². The van der Waals surface area contributed by atoms with Crippen LogP contribution in [0.5, 0.6) is 0 Å². The van der Waals surface area contributed by atoms with E-state index < -0.39 is 29.9 Å². The van der Waals surface area contributed by atoms with Crippen molar-refractivity contribution in [3.8, 4) is 0 Å². The third-order valence-corrected chi connectivity index (χ3v) is 3.03. The van der Waals surface area contributed by atoms with Crippen molar-refractivity contribution in [2.75, 3.05) is 6.54 Å². The minimum atomic E-state index is -1.23. The number of nitrogens with zero attached hydrogens (tertiary/aromatic N) is 2. The molecular weight excluding hydrogens is 244 g/mol. The largest absolute Gasteiger partial charge is 0.465 e. The number of amides is 3. The van der Waals surface area contributed by atoms with Gasteiger partial charge in [0, 0.05) is 25.3 Å². The summed E-state index contributed by atoms with van der Waals surface area (Å²) in [4.78, 5) is 50.6. The van der Waals surface area contributed by atoms with Gasteiger partial charge in [-0.2, -0.15) is 0 Å². The number of hydroxylamine groups is 2. The molecule has 0 aromatic heterocycles. The van der Waals surface area contributed by atoms with Crippen LogP contribution in [0, 0.1) is 5.92 Å². The Morgan fingerprint density at radius 3 is 2.28 bits per heavy atom. The Bertz CT molecular complexity index is 418. The van der Waals surface area contributed by atoms with Crippen molar-refractivity contribution in [1.82, 2.24) is 9.96 Å². The molecule has 0 saturated carbocycles. The number of carbonyl (C=O) groups is 4. The number of hydrogen-bond donors (Lipinski definition) is 1. The molecule has 8 nitrogen and oxygen atoms in total. The van der Waals surface area contributed by atoms with Crippen LogP contribution in [0.1, 0.15) is 19.8 Å². The van der Waals surface area contributed by atoms with E-state index in [-0.39, 0.29) is 25.3 Å². The van der Waals surface area contributed by atoms with E-state index in [1.807, 2.05) is 0 Å². The Morgan fingerprint density at radius 1 is 1.28 bits per heavy atom. The highest BCUT2D eigenvalue weighted by molar-refractivity contribution is 6.02. The predicted octanol–water partition coefficient (Wildman–Crippen LogP) is -0.408. The SMILES string of the molecule is CC1CN(C(=O)O)C1C(=O)ON1C(=O)CCC1=O. The highest BCUT2D eigenvalue weighted by Gasteiger charge is 2.47. The fraction of sp³-hybridized carbons (Fsp3) is 0.600. The summed E-state index contributed by atoms with van der Waals surface area (Å²) in [5.74, 6) is -2.24. The van der Waals surface area contributed by atoms with E-state index in [4.69, 9.17) is 5.11 Å². The normalized spacial score (nSPS) is 27.2. The van der Waals surface area contributed by atoms with Gasteiger partial charge in [-0.15, -0.1) is 5.06 Å². The maximum absolute atomic E-state index is 11.7. The van der Waals surface area contributed by atoms with Crippen molar-refractivity contribution in [2.24, 2.45) is 5.92 Å². The van der Waals surface area contributed by atoms with Crippen LogP contribution in [-0.4, -0.2) is 51.5 Å². The van der Waals surface area contributed by atoms with E-state index in [2.05, 4.69) is 4.84 Å². The summed E-state index contributed by atoms with van der Waals surface area (Å²) < 4.78 is 0. The lowest BCUT2D eigenvalue weighted by atomic mass is 9.91. The Kier molecular flexibility index (Phi) is 2.93. The number of hydrogen-bond acceptors (Lipinski definition) is 5. The van der Waals surface area contributed by atoms with E-state index in [0.29, 0.717) is 5.06 Å². The Balaban J connectivity index is 2.01.